The molecule has 0 aromatic heterocycles. The van der Waals surface area contributed by atoms with Crippen LogP contribution in [0.5, 0.6) is 0 Å². The Hall–Kier alpha value is -0.780. The van der Waals surface area contributed by atoms with Crippen LogP contribution in [-0.4, -0.2) is 46.0 Å². The Morgan fingerprint density at radius 1 is 1.27 bits per heavy atom. The predicted octanol–water partition coefficient (Wildman–Crippen LogP) is 2.58. The molecule has 0 saturated heterocycles. The molecule has 0 heterocycles. The lowest BCUT2D eigenvalue weighted by atomic mass is 9.90. The van der Waals surface area contributed by atoms with E-state index in [1.807, 2.05) is 0 Å². The van der Waals surface area contributed by atoms with E-state index in [-0.39, 0.29) is 11.2 Å². The zero-order valence-corrected chi connectivity index (χ0v) is 16.0. The molecule has 0 amide bonds. The van der Waals surface area contributed by atoms with Crippen LogP contribution in [0, 0.1) is 5.41 Å². The highest BCUT2D eigenvalue weighted by atomic mass is 32.2. The summed E-state index contributed by atoms with van der Waals surface area (Å²) in [5.74, 6) is 1.01. The van der Waals surface area contributed by atoms with Crippen LogP contribution in [0.1, 0.15) is 59.8 Å². The number of rotatable bonds is 10. The maximum atomic E-state index is 11.3. The van der Waals surface area contributed by atoms with Crippen LogP contribution in [0.25, 0.3) is 0 Å². The van der Waals surface area contributed by atoms with Crippen LogP contribution >= 0.6 is 0 Å². The van der Waals surface area contributed by atoms with Gasteiger partial charge >= 0.3 is 0 Å². The molecule has 0 aromatic rings. The van der Waals surface area contributed by atoms with Crippen LogP contribution in [0.4, 0.5) is 0 Å². The monoisotopic (exact) mass is 333 g/mol. The van der Waals surface area contributed by atoms with E-state index in [1.54, 1.807) is 7.05 Å². The smallest absolute Gasteiger partial charge is 0.191 e. The van der Waals surface area contributed by atoms with Crippen LogP contribution in [-0.2, 0) is 9.84 Å². The molecule has 0 saturated carbocycles. The highest BCUT2D eigenvalue weighted by Gasteiger charge is 2.20. The second kappa shape index (κ2) is 10.1. The number of aliphatic imine (C=N–C) groups is 1. The van der Waals surface area contributed by atoms with Crippen molar-refractivity contribution in [1.29, 1.82) is 0 Å². The van der Waals surface area contributed by atoms with Crippen molar-refractivity contribution in [2.75, 3.05) is 25.6 Å². The van der Waals surface area contributed by atoms with Crippen LogP contribution < -0.4 is 10.6 Å². The molecule has 0 aliphatic rings. The van der Waals surface area contributed by atoms with Crippen molar-refractivity contribution in [3.8, 4) is 0 Å². The van der Waals surface area contributed by atoms with Gasteiger partial charge in [-0.15, -0.1) is 0 Å². The minimum absolute atomic E-state index is 0.0911. The Balaban J connectivity index is 4.22. The Morgan fingerprint density at radius 3 is 2.41 bits per heavy atom. The van der Waals surface area contributed by atoms with E-state index in [0.717, 1.165) is 12.4 Å². The third-order valence-electron chi connectivity index (χ3n) is 3.73. The van der Waals surface area contributed by atoms with Gasteiger partial charge in [0.15, 0.2) is 5.96 Å². The fraction of sp³-hybridized carbons (Fsp3) is 0.938. The Labute approximate surface area is 137 Å². The van der Waals surface area contributed by atoms with Crippen molar-refractivity contribution in [2.45, 2.75) is 65.8 Å². The number of sulfone groups is 1. The summed E-state index contributed by atoms with van der Waals surface area (Å²) in [6, 6.07) is 0.386. The van der Waals surface area contributed by atoms with Gasteiger partial charge in [0, 0.05) is 25.9 Å². The second-order valence-corrected chi connectivity index (χ2v) is 9.27. The quantitative estimate of drug-likeness (QED) is 0.366. The second-order valence-electron chi connectivity index (χ2n) is 7.01. The molecular weight excluding hydrogens is 298 g/mol. The van der Waals surface area contributed by atoms with Gasteiger partial charge < -0.3 is 10.6 Å². The first kappa shape index (κ1) is 21.2. The van der Waals surface area contributed by atoms with E-state index in [2.05, 4.69) is 43.3 Å². The van der Waals surface area contributed by atoms with Crippen molar-refractivity contribution < 1.29 is 8.42 Å². The molecule has 1 unspecified atom stereocenters. The van der Waals surface area contributed by atoms with Gasteiger partial charge in [-0.25, -0.2) is 8.42 Å². The van der Waals surface area contributed by atoms with Gasteiger partial charge in [-0.05, 0) is 25.2 Å². The van der Waals surface area contributed by atoms with Gasteiger partial charge in [0.25, 0.3) is 0 Å². The maximum Gasteiger partial charge on any atom is 0.191 e. The van der Waals surface area contributed by atoms with E-state index in [9.17, 15) is 8.42 Å². The van der Waals surface area contributed by atoms with Crippen molar-refractivity contribution in [3.05, 3.63) is 0 Å². The maximum absolute atomic E-state index is 11.3. The SMILES string of the molecule is CCCCCC(C)NC(=NC)NCC(C)(C)CCS(C)(=O)=O. The lowest BCUT2D eigenvalue weighted by Crippen LogP contribution is -2.45. The van der Waals surface area contributed by atoms with Crippen LogP contribution in [0.2, 0.25) is 0 Å². The fourth-order valence-corrected chi connectivity index (χ4v) is 3.00. The molecule has 0 rings (SSSR count). The molecule has 5 nitrogen and oxygen atoms in total. The van der Waals surface area contributed by atoms with Crippen molar-refractivity contribution in [2.24, 2.45) is 10.4 Å². The highest BCUT2D eigenvalue weighted by molar-refractivity contribution is 7.90. The molecule has 0 aliphatic carbocycles. The summed E-state index contributed by atoms with van der Waals surface area (Å²) in [6.45, 7) is 9.21. The van der Waals surface area contributed by atoms with E-state index in [0.29, 0.717) is 19.0 Å². The van der Waals surface area contributed by atoms with Crippen LogP contribution in [0.3, 0.4) is 0 Å². The van der Waals surface area contributed by atoms with E-state index in [1.165, 1.54) is 25.5 Å². The average Bonchev–Trinajstić information content (AvgIpc) is 2.41. The third kappa shape index (κ3) is 11.8. The molecule has 1 atom stereocenters. The van der Waals surface area contributed by atoms with Crippen molar-refractivity contribution >= 4 is 15.8 Å². The molecule has 0 radical (unpaired) electrons. The van der Waals surface area contributed by atoms with Gasteiger partial charge in [-0.1, -0.05) is 40.0 Å². The first-order valence-electron chi connectivity index (χ1n) is 8.24. The van der Waals surface area contributed by atoms with E-state index in [4.69, 9.17) is 0 Å². The molecule has 6 heteroatoms. The predicted molar refractivity (Wildman–Crippen MR) is 96.2 cm³/mol. The number of guanidine groups is 1. The van der Waals surface area contributed by atoms with Crippen LogP contribution in [0.15, 0.2) is 4.99 Å². The van der Waals surface area contributed by atoms with Gasteiger partial charge in [0.05, 0.1) is 5.75 Å². The summed E-state index contributed by atoms with van der Waals surface area (Å²) >= 11 is 0. The molecule has 2 N–H and O–H groups in total. The normalized spacial score (nSPS) is 14.7. The molecule has 0 bridgehead atoms. The molecule has 22 heavy (non-hydrogen) atoms. The molecular formula is C16H35N3O2S. The topological polar surface area (TPSA) is 70.6 Å². The van der Waals surface area contributed by atoms with Gasteiger partial charge in [0.2, 0.25) is 0 Å². The molecule has 132 valence electrons. The lowest BCUT2D eigenvalue weighted by Gasteiger charge is -2.26. The standard InChI is InChI=1S/C16H35N3O2S/c1-7-8-9-10-14(2)19-15(17-5)18-13-16(3,4)11-12-22(6,20)21/h14H,7-13H2,1-6H3,(H2,17,18,19). The Morgan fingerprint density at radius 2 is 1.91 bits per heavy atom. The Kier molecular flexibility index (Phi) is 9.72. The Bertz CT molecular complexity index is 431. The number of hydrogen-bond acceptors (Lipinski definition) is 3. The summed E-state index contributed by atoms with van der Waals surface area (Å²) in [5.41, 5.74) is -0.0911. The van der Waals surface area contributed by atoms with E-state index < -0.39 is 9.84 Å². The minimum atomic E-state index is -2.91. The summed E-state index contributed by atoms with van der Waals surface area (Å²) in [5, 5.41) is 6.70. The summed E-state index contributed by atoms with van der Waals surface area (Å²) in [6.07, 6.45) is 6.77. The van der Waals surface area contributed by atoms with Crippen molar-refractivity contribution in [1.82, 2.24) is 10.6 Å². The average molecular weight is 334 g/mol. The molecule has 0 fully saturated rings. The number of hydrogen-bond donors (Lipinski definition) is 2. The first-order valence-corrected chi connectivity index (χ1v) is 10.3. The largest absolute Gasteiger partial charge is 0.356 e. The summed E-state index contributed by atoms with van der Waals surface area (Å²) in [7, 11) is -1.15. The minimum Gasteiger partial charge on any atom is -0.356 e. The summed E-state index contributed by atoms with van der Waals surface area (Å²) < 4.78 is 22.6. The summed E-state index contributed by atoms with van der Waals surface area (Å²) in [4.78, 5) is 4.24. The fourth-order valence-electron chi connectivity index (χ4n) is 2.07. The van der Waals surface area contributed by atoms with Crippen molar-refractivity contribution in [3.63, 3.8) is 0 Å². The molecule has 0 aliphatic heterocycles. The number of nitrogens with zero attached hydrogens (tertiary/aromatic N) is 1. The highest BCUT2D eigenvalue weighted by Crippen LogP contribution is 2.19. The van der Waals surface area contributed by atoms with Gasteiger partial charge in [0.1, 0.15) is 9.84 Å². The zero-order valence-electron chi connectivity index (χ0n) is 15.2. The first-order chi connectivity index (χ1) is 10.1. The zero-order chi connectivity index (χ0) is 17.2. The van der Waals surface area contributed by atoms with Gasteiger partial charge in [-0.3, -0.25) is 4.99 Å². The molecule has 0 spiro atoms. The van der Waals surface area contributed by atoms with E-state index >= 15 is 0 Å². The molecule has 0 aromatic carbocycles. The van der Waals surface area contributed by atoms with Gasteiger partial charge in [-0.2, -0.15) is 0 Å². The number of unbranched alkanes of at least 4 members (excludes halogenated alkanes) is 2. The lowest BCUT2D eigenvalue weighted by molar-refractivity contribution is 0.347. The third-order valence-corrected chi connectivity index (χ3v) is 4.68. The number of nitrogens with one attached hydrogen (secondary N) is 2.